The number of hydrogen-bond donors (Lipinski definition) is 1. The minimum atomic E-state index is -4.37. The molecule has 220 valence electrons. The highest BCUT2D eigenvalue weighted by Gasteiger charge is 2.30. The summed E-state index contributed by atoms with van der Waals surface area (Å²) in [6, 6.07) is 22.6. The number of aryl methyl sites for hydroxylation is 1. The smallest absolute Gasteiger partial charge is 0.273 e. The zero-order valence-corrected chi connectivity index (χ0v) is 25.4. The lowest BCUT2D eigenvalue weighted by molar-refractivity contribution is -0.385. The number of phenols is 1. The molecular weight excluding hydrogens is 622 g/mol. The van der Waals surface area contributed by atoms with Crippen LogP contribution >= 0.6 is 35.0 Å². The van der Waals surface area contributed by atoms with Gasteiger partial charge >= 0.3 is 0 Å². The highest BCUT2D eigenvalue weighted by atomic mass is 35.5. The molecule has 0 heterocycles. The average molecular weight is 650 g/mol. The number of thioether (sulfide) groups is 1. The Labute approximate surface area is 258 Å². The predicted octanol–water partition coefficient (Wildman–Crippen LogP) is 7.66. The Balaban J connectivity index is 1.58. The first-order valence-electron chi connectivity index (χ1n) is 12.8. The first-order valence-corrected chi connectivity index (χ1v) is 16.2. The van der Waals surface area contributed by atoms with E-state index in [2.05, 4.69) is 0 Å². The van der Waals surface area contributed by atoms with Crippen molar-refractivity contribution in [2.75, 3.05) is 12.3 Å². The summed E-state index contributed by atoms with van der Waals surface area (Å²) >= 11 is 13.6. The van der Waals surface area contributed by atoms with Gasteiger partial charge in [-0.05, 0) is 59.6 Å². The van der Waals surface area contributed by atoms with Crippen LogP contribution in [0.25, 0.3) is 0 Å². The maximum atomic E-state index is 13.8. The lowest BCUT2D eigenvalue weighted by Crippen LogP contribution is -2.32. The molecule has 4 aromatic carbocycles. The van der Waals surface area contributed by atoms with Gasteiger partial charge < -0.3 is 5.11 Å². The normalized spacial score (nSPS) is 11.6. The standard InChI is InChI=1S/C30H27Cl2FN2O5S2/c31-25-17-27(32)30(36)29(18-25)42(39,40)34(14-12-22-7-10-26(33)11-8-22)19-23-6-9-24(28(16-23)35(37)38)20-41-15-13-21-4-2-1-3-5-21/h1-11,16-18,36H,12-15,19-20H2. The molecule has 0 aliphatic heterocycles. The van der Waals surface area contributed by atoms with Crippen LogP contribution in [0.4, 0.5) is 10.1 Å². The van der Waals surface area contributed by atoms with E-state index in [1.165, 1.54) is 29.8 Å². The van der Waals surface area contributed by atoms with Gasteiger partial charge in [0.15, 0.2) is 5.75 Å². The van der Waals surface area contributed by atoms with Gasteiger partial charge in [-0.2, -0.15) is 16.1 Å². The van der Waals surface area contributed by atoms with E-state index in [9.17, 15) is 28.0 Å². The Bertz CT molecular complexity index is 1660. The molecule has 0 bridgehead atoms. The average Bonchev–Trinajstić information content (AvgIpc) is 2.96. The van der Waals surface area contributed by atoms with Gasteiger partial charge in [-0.15, -0.1) is 0 Å². The Morgan fingerprint density at radius 2 is 1.57 bits per heavy atom. The molecule has 12 heteroatoms. The summed E-state index contributed by atoms with van der Waals surface area (Å²) in [7, 11) is -4.37. The maximum absolute atomic E-state index is 13.8. The van der Waals surface area contributed by atoms with Crippen LogP contribution in [0.2, 0.25) is 10.0 Å². The number of sulfonamides is 1. The molecule has 0 unspecified atom stereocenters. The topological polar surface area (TPSA) is 101 Å². The van der Waals surface area contributed by atoms with E-state index in [4.69, 9.17) is 23.2 Å². The van der Waals surface area contributed by atoms with Crippen LogP contribution in [0.5, 0.6) is 5.75 Å². The van der Waals surface area contributed by atoms with Crippen molar-refractivity contribution in [3.05, 3.63) is 133 Å². The fourth-order valence-corrected chi connectivity index (χ4v) is 7.45. The van der Waals surface area contributed by atoms with Gasteiger partial charge in [0, 0.05) is 35.5 Å². The molecule has 0 fully saturated rings. The lowest BCUT2D eigenvalue weighted by Gasteiger charge is -2.23. The molecule has 0 radical (unpaired) electrons. The number of halogens is 3. The first-order chi connectivity index (χ1) is 20.0. The molecular formula is C30H27Cl2FN2O5S2. The van der Waals surface area contributed by atoms with Crippen LogP contribution in [-0.4, -0.2) is 35.1 Å². The van der Waals surface area contributed by atoms with Crippen LogP contribution in [0.1, 0.15) is 22.3 Å². The van der Waals surface area contributed by atoms with E-state index in [-0.39, 0.29) is 35.2 Å². The number of nitro groups is 1. The minimum Gasteiger partial charge on any atom is -0.505 e. The van der Waals surface area contributed by atoms with Crippen LogP contribution < -0.4 is 0 Å². The molecule has 0 saturated carbocycles. The molecule has 0 spiro atoms. The second-order valence-electron chi connectivity index (χ2n) is 9.46. The summed E-state index contributed by atoms with van der Waals surface area (Å²) in [6.45, 7) is -0.294. The minimum absolute atomic E-state index is 0.0135. The van der Waals surface area contributed by atoms with Crippen molar-refractivity contribution in [3.63, 3.8) is 0 Å². The molecule has 0 aliphatic rings. The number of nitrogens with zero attached hydrogens (tertiary/aromatic N) is 2. The summed E-state index contributed by atoms with van der Waals surface area (Å²) in [5.41, 5.74) is 2.67. The van der Waals surface area contributed by atoms with Crippen molar-refractivity contribution in [1.82, 2.24) is 4.31 Å². The Hall–Kier alpha value is -3.15. The first kappa shape index (κ1) is 31.8. The Kier molecular flexibility index (Phi) is 10.9. The van der Waals surface area contributed by atoms with Crippen LogP contribution in [0, 0.1) is 15.9 Å². The fourth-order valence-electron chi connectivity index (χ4n) is 4.29. The van der Waals surface area contributed by atoms with Crippen molar-refractivity contribution < 1.29 is 22.8 Å². The number of phenolic OH excluding ortho intramolecular Hbond substituents is 1. The third-order valence-corrected chi connectivity index (χ3v) is 9.89. The molecule has 1 N–H and O–H groups in total. The summed E-state index contributed by atoms with van der Waals surface area (Å²) in [4.78, 5) is 11.0. The monoisotopic (exact) mass is 648 g/mol. The van der Waals surface area contributed by atoms with Gasteiger partial charge in [0.2, 0.25) is 10.0 Å². The van der Waals surface area contributed by atoms with Gasteiger partial charge in [0.05, 0.1) is 9.95 Å². The van der Waals surface area contributed by atoms with Crippen molar-refractivity contribution in [2.45, 2.75) is 30.0 Å². The lowest BCUT2D eigenvalue weighted by atomic mass is 10.1. The third-order valence-electron chi connectivity index (χ3n) is 6.51. The highest BCUT2D eigenvalue weighted by molar-refractivity contribution is 7.98. The van der Waals surface area contributed by atoms with Gasteiger partial charge in [-0.1, -0.05) is 77.8 Å². The molecule has 0 aromatic heterocycles. The second-order valence-corrected chi connectivity index (χ2v) is 13.3. The molecule has 4 rings (SSSR count). The molecule has 0 saturated heterocycles. The van der Waals surface area contributed by atoms with Gasteiger partial charge in [-0.3, -0.25) is 10.1 Å². The van der Waals surface area contributed by atoms with E-state index >= 15 is 0 Å². The molecule has 0 amide bonds. The zero-order chi connectivity index (χ0) is 30.3. The maximum Gasteiger partial charge on any atom is 0.273 e. The van der Waals surface area contributed by atoms with Gasteiger partial charge in [-0.25, -0.2) is 12.8 Å². The van der Waals surface area contributed by atoms with E-state index < -0.39 is 31.4 Å². The molecule has 0 atom stereocenters. The van der Waals surface area contributed by atoms with Crippen molar-refractivity contribution in [2.24, 2.45) is 0 Å². The van der Waals surface area contributed by atoms with Crippen molar-refractivity contribution >= 4 is 50.7 Å². The number of aromatic hydroxyl groups is 1. The zero-order valence-electron chi connectivity index (χ0n) is 22.3. The van der Waals surface area contributed by atoms with Crippen molar-refractivity contribution in [3.8, 4) is 5.75 Å². The molecule has 7 nitrogen and oxygen atoms in total. The van der Waals surface area contributed by atoms with Crippen LogP contribution in [0.15, 0.2) is 89.8 Å². The summed E-state index contributed by atoms with van der Waals surface area (Å²) in [6.07, 6.45) is 1.05. The van der Waals surface area contributed by atoms with E-state index in [0.717, 1.165) is 22.5 Å². The van der Waals surface area contributed by atoms with Gasteiger partial charge in [0.25, 0.3) is 5.69 Å². The number of hydrogen-bond acceptors (Lipinski definition) is 6. The van der Waals surface area contributed by atoms with E-state index in [0.29, 0.717) is 22.4 Å². The summed E-state index contributed by atoms with van der Waals surface area (Å²) in [5.74, 6) is 0.128. The molecule has 42 heavy (non-hydrogen) atoms. The highest BCUT2D eigenvalue weighted by Crippen LogP contribution is 2.36. The quantitative estimate of drug-likeness (QED) is 0.0907. The number of rotatable bonds is 13. The SMILES string of the molecule is O=[N+]([O-])c1cc(CN(CCc2ccc(F)cc2)S(=O)(=O)c2cc(Cl)cc(Cl)c2O)ccc1CSCCc1ccccc1. The Morgan fingerprint density at radius 1 is 0.905 bits per heavy atom. The largest absolute Gasteiger partial charge is 0.505 e. The van der Waals surface area contributed by atoms with Crippen LogP contribution in [-0.2, 0) is 35.2 Å². The second kappa shape index (κ2) is 14.3. The summed E-state index contributed by atoms with van der Waals surface area (Å²) in [5, 5.41) is 22.2. The molecule has 0 aliphatic carbocycles. The van der Waals surface area contributed by atoms with Crippen LogP contribution in [0.3, 0.4) is 0 Å². The fraction of sp³-hybridized carbons (Fsp3) is 0.200. The van der Waals surface area contributed by atoms with E-state index in [1.807, 2.05) is 30.3 Å². The Morgan fingerprint density at radius 3 is 2.26 bits per heavy atom. The summed E-state index contributed by atoms with van der Waals surface area (Å²) < 4.78 is 42.0. The van der Waals surface area contributed by atoms with Crippen molar-refractivity contribution in [1.29, 1.82) is 0 Å². The molecule has 4 aromatic rings. The third kappa shape index (κ3) is 8.23. The van der Waals surface area contributed by atoms with Gasteiger partial charge in [0.1, 0.15) is 10.7 Å². The number of nitro benzene ring substituents is 1. The van der Waals surface area contributed by atoms with E-state index in [1.54, 1.807) is 36.0 Å². The number of benzene rings is 4. The predicted molar refractivity (Wildman–Crippen MR) is 165 cm³/mol.